The summed E-state index contributed by atoms with van der Waals surface area (Å²) in [7, 11) is 1.93. The predicted octanol–water partition coefficient (Wildman–Crippen LogP) is 1.43. The molecule has 13 heavy (non-hydrogen) atoms. The lowest BCUT2D eigenvalue weighted by Crippen LogP contribution is -2.17. The zero-order chi connectivity index (χ0) is 9.94. The maximum absolute atomic E-state index is 5.50. The minimum absolute atomic E-state index is 0.328. The highest BCUT2D eigenvalue weighted by molar-refractivity contribution is 4.49. The molecule has 0 bridgehead atoms. The van der Waals surface area contributed by atoms with Gasteiger partial charge in [-0.25, -0.2) is 0 Å². The van der Waals surface area contributed by atoms with Gasteiger partial charge in [-0.05, 0) is 26.8 Å². The van der Waals surface area contributed by atoms with Gasteiger partial charge < -0.3 is 14.8 Å². The summed E-state index contributed by atoms with van der Waals surface area (Å²) in [6, 6.07) is 0. The Morgan fingerprint density at radius 2 is 2.00 bits per heavy atom. The van der Waals surface area contributed by atoms with Gasteiger partial charge in [0, 0.05) is 19.8 Å². The Balaban J connectivity index is 3.03. The molecule has 0 radical (unpaired) electrons. The van der Waals surface area contributed by atoms with Gasteiger partial charge in [0.25, 0.3) is 0 Å². The van der Waals surface area contributed by atoms with Crippen molar-refractivity contribution >= 4 is 0 Å². The molecule has 3 heteroatoms. The highest BCUT2D eigenvalue weighted by Gasteiger charge is 2.00. The van der Waals surface area contributed by atoms with E-state index < -0.39 is 0 Å². The molecule has 0 aliphatic rings. The van der Waals surface area contributed by atoms with E-state index in [-0.39, 0.29) is 0 Å². The third-order valence-electron chi connectivity index (χ3n) is 1.77. The van der Waals surface area contributed by atoms with Crippen molar-refractivity contribution in [3.8, 4) is 0 Å². The fourth-order valence-electron chi connectivity index (χ4n) is 0.928. The van der Waals surface area contributed by atoms with Crippen molar-refractivity contribution in [3.05, 3.63) is 0 Å². The van der Waals surface area contributed by atoms with Crippen LogP contribution in [0.15, 0.2) is 0 Å². The normalized spacial score (nSPS) is 13.2. The van der Waals surface area contributed by atoms with Gasteiger partial charge in [0.15, 0.2) is 0 Å². The van der Waals surface area contributed by atoms with Crippen molar-refractivity contribution < 1.29 is 9.47 Å². The molecule has 0 rings (SSSR count). The zero-order valence-corrected chi connectivity index (χ0v) is 9.14. The van der Waals surface area contributed by atoms with Crippen LogP contribution in [0.3, 0.4) is 0 Å². The Hall–Kier alpha value is -0.120. The molecule has 0 aromatic heterocycles. The molecule has 0 aromatic carbocycles. The van der Waals surface area contributed by atoms with Crippen molar-refractivity contribution in [3.63, 3.8) is 0 Å². The first-order valence-electron chi connectivity index (χ1n) is 5.15. The molecular weight excluding hydrogens is 166 g/mol. The van der Waals surface area contributed by atoms with Crippen molar-refractivity contribution in [2.24, 2.45) is 0 Å². The number of likely N-dealkylation sites (N-methyl/N-ethyl adjacent to an activating group) is 1. The van der Waals surface area contributed by atoms with Crippen LogP contribution in [-0.4, -0.2) is 39.5 Å². The summed E-state index contributed by atoms with van der Waals surface area (Å²) in [5, 5.41) is 3.03. The summed E-state index contributed by atoms with van der Waals surface area (Å²) in [6.07, 6.45) is 2.41. The van der Waals surface area contributed by atoms with Gasteiger partial charge in [0.05, 0.1) is 12.7 Å². The molecule has 0 spiro atoms. The number of hydrogen-bond acceptors (Lipinski definition) is 3. The van der Waals surface area contributed by atoms with Crippen molar-refractivity contribution in [2.75, 3.05) is 33.4 Å². The standard InChI is InChI=1S/C10H23NO2/c1-4-7-13-10(2)5-8-12-9-6-11-3/h10-11H,4-9H2,1-3H3. The van der Waals surface area contributed by atoms with E-state index in [1.807, 2.05) is 7.05 Å². The molecule has 0 heterocycles. The van der Waals surface area contributed by atoms with E-state index in [0.29, 0.717) is 6.10 Å². The van der Waals surface area contributed by atoms with Crippen LogP contribution in [-0.2, 0) is 9.47 Å². The average Bonchev–Trinajstić information content (AvgIpc) is 2.14. The molecule has 0 aromatic rings. The Morgan fingerprint density at radius 3 is 2.62 bits per heavy atom. The molecular formula is C10H23NO2. The van der Waals surface area contributed by atoms with Gasteiger partial charge in [-0.3, -0.25) is 0 Å². The second-order valence-electron chi connectivity index (χ2n) is 3.19. The van der Waals surface area contributed by atoms with E-state index in [2.05, 4.69) is 19.2 Å². The van der Waals surface area contributed by atoms with Gasteiger partial charge >= 0.3 is 0 Å². The summed E-state index contributed by atoms with van der Waals surface area (Å²) in [4.78, 5) is 0. The molecule has 0 aliphatic carbocycles. The smallest absolute Gasteiger partial charge is 0.0590 e. The van der Waals surface area contributed by atoms with Crippen LogP contribution in [0.4, 0.5) is 0 Å². The van der Waals surface area contributed by atoms with E-state index in [1.165, 1.54) is 0 Å². The van der Waals surface area contributed by atoms with Crippen molar-refractivity contribution in [1.82, 2.24) is 5.32 Å². The molecule has 0 fully saturated rings. The monoisotopic (exact) mass is 189 g/mol. The highest BCUT2D eigenvalue weighted by atomic mass is 16.5. The number of ether oxygens (including phenoxy) is 2. The van der Waals surface area contributed by atoms with Crippen LogP contribution in [0.25, 0.3) is 0 Å². The van der Waals surface area contributed by atoms with E-state index in [1.54, 1.807) is 0 Å². The molecule has 0 saturated heterocycles. The Morgan fingerprint density at radius 1 is 1.23 bits per heavy atom. The minimum Gasteiger partial charge on any atom is -0.380 e. The van der Waals surface area contributed by atoms with Gasteiger partial charge in [-0.15, -0.1) is 0 Å². The molecule has 1 atom stereocenters. The maximum Gasteiger partial charge on any atom is 0.0590 e. The molecule has 0 saturated carbocycles. The largest absolute Gasteiger partial charge is 0.380 e. The van der Waals surface area contributed by atoms with Gasteiger partial charge in [0.1, 0.15) is 0 Å². The van der Waals surface area contributed by atoms with Crippen LogP contribution >= 0.6 is 0 Å². The molecule has 0 aliphatic heterocycles. The minimum atomic E-state index is 0.328. The topological polar surface area (TPSA) is 30.5 Å². The number of nitrogens with one attached hydrogen (secondary N) is 1. The predicted molar refractivity (Wildman–Crippen MR) is 55.1 cm³/mol. The van der Waals surface area contributed by atoms with Crippen LogP contribution in [0, 0.1) is 0 Å². The second kappa shape index (κ2) is 9.96. The molecule has 1 unspecified atom stereocenters. The summed E-state index contributed by atoms with van der Waals surface area (Å²) >= 11 is 0. The van der Waals surface area contributed by atoms with E-state index in [4.69, 9.17) is 9.47 Å². The van der Waals surface area contributed by atoms with Gasteiger partial charge in [0.2, 0.25) is 0 Å². The summed E-state index contributed by atoms with van der Waals surface area (Å²) in [5.74, 6) is 0. The fourth-order valence-corrected chi connectivity index (χ4v) is 0.928. The first-order valence-corrected chi connectivity index (χ1v) is 5.15. The lowest BCUT2D eigenvalue weighted by Gasteiger charge is -2.12. The summed E-state index contributed by atoms with van der Waals surface area (Å²) < 4.78 is 10.9. The number of hydrogen-bond donors (Lipinski definition) is 1. The van der Waals surface area contributed by atoms with Crippen molar-refractivity contribution in [1.29, 1.82) is 0 Å². The quantitative estimate of drug-likeness (QED) is 0.557. The second-order valence-corrected chi connectivity index (χ2v) is 3.19. The molecule has 1 N–H and O–H groups in total. The van der Waals surface area contributed by atoms with Crippen LogP contribution in [0.1, 0.15) is 26.7 Å². The molecule has 80 valence electrons. The lowest BCUT2D eigenvalue weighted by molar-refractivity contribution is 0.0326. The van der Waals surface area contributed by atoms with E-state index >= 15 is 0 Å². The number of rotatable bonds is 9. The Bertz CT molecular complexity index is 98.9. The van der Waals surface area contributed by atoms with Gasteiger partial charge in [-0.2, -0.15) is 0 Å². The SMILES string of the molecule is CCCOC(C)CCOCCNC. The fraction of sp³-hybridized carbons (Fsp3) is 1.00. The third-order valence-corrected chi connectivity index (χ3v) is 1.77. The zero-order valence-electron chi connectivity index (χ0n) is 9.14. The summed E-state index contributed by atoms with van der Waals surface area (Å²) in [5.41, 5.74) is 0. The van der Waals surface area contributed by atoms with Crippen LogP contribution in [0.5, 0.6) is 0 Å². The Kier molecular flexibility index (Phi) is 9.87. The van der Waals surface area contributed by atoms with E-state index in [0.717, 1.165) is 39.2 Å². The summed E-state index contributed by atoms with van der Waals surface area (Å²) in [6.45, 7) is 7.58. The van der Waals surface area contributed by atoms with Gasteiger partial charge in [-0.1, -0.05) is 6.92 Å². The molecule has 3 nitrogen and oxygen atoms in total. The maximum atomic E-state index is 5.50. The highest BCUT2D eigenvalue weighted by Crippen LogP contribution is 1.98. The van der Waals surface area contributed by atoms with Crippen molar-refractivity contribution in [2.45, 2.75) is 32.8 Å². The van der Waals surface area contributed by atoms with E-state index in [9.17, 15) is 0 Å². The molecule has 0 amide bonds. The average molecular weight is 189 g/mol. The first kappa shape index (κ1) is 12.9. The van der Waals surface area contributed by atoms with Crippen LogP contribution in [0.2, 0.25) is 0 Å². The first-order chi connectivity index (χ1) is 6.31. The Labute approximate surface area is 81.8 Å². The lowest BCUT2D eigenvalue weighted by atomic mass is 10.3. The third kappa shape index (κ3) is 9.80. The van der Waals surface area contributed by atoms with Crippen LogP contribution < -0.4 is 5.32 Å².